The fourth-order valence-electron chi connectivity index (χ4n) is 2.70. The number of nitrogens with one attached hydrogen (secondary N) is 1. The van der Waals surface area contributed by atoms with Gasteiger partial charge < -0.3 is 15.5 Å². The number of hydrogen-bond donors (Lipinski definition) is 3. The Bertz CT molecular complexity index is 748. The van der Waals surface area contributed by atoms with Crippen molar-refractivity contribution in [2.45, 2.75) is 5.41 Å². The first kappa shape index (κ1) is 13.5. The van der Waals surface area contributed by atoms with E-state index in [0.717, 1.165) is 6.07 Å². The average Bonchev–Trinajstić information content (AvgIpc) is 2.75. The van der Waals surface area contributed by atoms with Crippen LogP contribution in [0.3, 0.4) is 0 Å². The van der Waals surface area contributed by atoms with Gasteiger partial charge in [-0.2, -0.15) is 0 Å². The van der Waals surface area contributed by atoms with E-state index in [-0.39, 0.29) is 5.56 Å². The van der Waals surface area contributed by atoms with E-state index in [1.165, 1.54) is 0 Å². The van der Waals surface area contributed by atoms with Crippen molar-refractivity contribution in [1.82, 2.24) is 0 Å². The topological polar surface area (TPSA) is 69.6 Å². The van der Waals surface area contributed by atoms with E-state index in [1.807, 2.05) is 0 Å². The third kappa shape index (κ3) is 1.72. The third-order valence-corrected chi connectivity index (χ3v) is 3.76. The van der Waals surface area contributed by atoms with E-state index in [2.05, 4.69) is 5.32 Å². The fourth-order valence-corrected chi connectivity index (χ4v) is 2.70. The van der Waals surface area contributed by atoms with Gasteiger partial charge in [0.05, 0.1) is 6.61 Å². The van der Waals surface area contributed by atoms with Gasteiger partial charge in [-0.1, -0.05) is 18.2 Å². The van der Waals surface area contributed by atoms with E-state index in [1.54, 1.807) is 24.3 Å². The molecule has 1 atom stereocenters. The fraction of sp³-hybridized carbons (Fsp3) is 0.133. The van der Waals surface area contributed by atoms with Crippen molar-refractivity contribution in [3.63, 3.8) is 0 Å². The van der Waals surface area contributed by atoms with Crippen LogP contribution in [0.2, 0.25) is 0 Å². The molecule has 3 N–H and O–H groups in total. The zero-order chi connectivity index (χ0) is 15.2. The minimum absolute atomic E-state index is 0.175. The van der Waals surface area contributed by atoms with Crippen LogP contribution in [-0.2, 0) is 10.2 Å². The van der Waals surface area contributed by atoms with Crippen molar-refractivity contribution >= 4 is 11.6 Å². The number of carbonyl (C=O) groups is 1. The zero-order valence-corrected chi connectivity index (χ0v) is 10.7. The number of carbonyl (C=O) groups excluding carboxylic acids is 1. The number of halogens is 2. The van der Waals surface area contributed by atoms with Crippen molar-refractivity contribution in [1.29, 1.82) is 0 Å². The van der Waals surface area contributed by atoms with Gasteiger partial charge in [0.2, 0.25) is 5.91 Å². The Morgan fingerprint density at radius 1 is 1.10 bits per heavy atom. The second-order valence-corrected chi connectivity index (χ2v) is 4.85. The molecule has 0 saturated carbocycles. The highest BCUT2D eigenvalue weighted by Crippen LogP contribution is 2.45. The Balaban J connectivity index is 2.32. The molecule has 1 aliphatic heterocycles. The Kier molecular flexibility index (Phi) is 2.91. The third-order valence-electron chi connectivity index (χ3n) is 3.76. The maximum Gasteiger partial charge on any atom is 0.242 e. The number of benzene rings is 2. The number of anilines is 1. The Morgan fingerprint density at radius 3 is 2.48 bits per heavy atom. The summed E-state index contributed by atoms with van der Waals surface area (Å²) in [5, 5.41) is 22.3. The van der Waals surface area contributed by atoms with Crippen LogP contribution in [0.1, 0.15) is 11.1 Å². The number of amides is 1. The largest absolute Gasteiger partial charge is 0.508 e. The number of phenols is 1. The predicted octanol–water partition coefficient (Wildman–Crippen LogP) is 1.90. The lowest BCUT2D eigenvalue weighted by atomic mass is 9.75. The van der Waals surface area contributed by atoms with Crippen molar-refractivity contribution in [2.75, 3.05) is 11.9 Å². The van der Waals surface area contributed by atoms with E-state index in [0.29, 0.717) is 17.3 Å². The molecule has 6 heteroatoms. The van der Waals surface area contributed by atoms with E-state index >= 15 is 0 Å². The van der Waals surface area contributed by atoms with Crippen LogP contribution >= 0.6 is 0 Å². The number of phenolic OH excluding ortho intramolecular Hbond substituents is 1. The van der Waals surface area contributed by atoms with Gasteiger partial charge in [-0.05, 0) is 17.7 Å². The number of aliphatic hydroxyl groups is 1. The maximum absolute atomic E-state index is 13.5. The summed E-state index contributed by atoms with van der Waals surface area (Å²) < 4.78 is 26.7. The molecule has 3 rings (SSSR count). The number of rotatable bonds is 2. The zero-order valence-electron chi connectivity index (χ0n) is 10.7. The summed E-state index contributed by atoms with van der Waals surface area (Å²) in [4.78, 5) is 12.3. The molecule has 2 aromatic carbocycles. The first-order chi connectivity index (χ1) is 10.0. The van der Waals surface area contributed by atoms with Gasteiger partial charge in [0, 0.05) is 17.3 Å². The number of fused-ring (bicyclic) bond motifs is 1. The van der Waals surface area contributed by atoms with Crippen molar-refractivity contribution in [3.05, 3.63) is 59.2 Å². The summed E-state index contributed by atoms with van der Waals surface area (Å²) in [6.07, 6.45) is 0. The molecule has 1 unspecified atom stereocenters. The van der Waals surface area contributed by atoms with Crippen molar-refractivity contribution in [2.24, 2.45) is 0 Å². The SMILES string of the molecule is O=C1Nc2ccccc2C1(CO)c1cc(F)c(F)cc1O. The molecule has 0 radical (unpaired) electrons. The number of para-hydroxylation sites is 1. The van der Waals surface area contributed by atoms with Crippen LogP contribution in [0.25, 0.3) is 0 Å². The monoisotopic (exact) mass is 291 g/mol. The summed E-state index contributed by atoms with van der Waals surface area (Å²) in [5.74, 6) is -3.62. The molecule has 0 saturated heterocycles. The molecule has 21 heavy (non-hydrogen) atoms. The van der Waals surface area contributed by atoms with Gasteiger partial charge in [0.25, 0.3) is 0 Å². The van der Waals surface area contributed by atoms with E-state index < -0.39 is 35.3 Å². The first-order valence-electron chi connectivity index (χ1n) is 6.21. The van der Waals surface area contributed by atoms with Crippen molar-refractivity contribution in [3.8, 4) is 5.75 Å². The lowest BCUT2D eigenvalue weighted by Gasteiger charge is -2.26. The molecule has 1 heterocycles. The highest BCUT2D eigenvalue weighted by Gasteiger charge is 2.49. The molecule has 0 aliphatic carbocycles. The van der Waals surface area contributed by atoms with Crippen LogP contribution in [0, 0.1) is 11.6 Å². The van der Waals surface area contributed by atoms with Gasteiger partial charge in [0.15, 0.2) is 11.6 Å². The van der Waals surface area contributed by atoms with Gasteiger partial charge in [-0.3, -0.25) is 4.79 Å². The first-order valence-corrected chi connectivity index (χ1v) is 6.21. The van der Waals surface area contributed by atoms with Crippen LogP contribution < -0.4 is 5.32 Å². The average molecular weight is 291 g/mol. The molecule has 0 fully saturated rings. The highest BCUT2D eigenvalue weighted by atomic mass is 19.2. The summed E-state index contributed by atoms with van der Waals surface area (Å²) in [6, 6.07) is 7.89. The minimum atomic E-state index is -1.66. The number of aromatic hydroxyl groups is 1. The predicted molar refractivity (Wildman–Crippen MR) is 71.0 cm³/mol. The quantitative estimate of drug-likeness (QED) is 0.791. The summed E-state index contributed by atoms with van der Waals surface area (Å²) in [5.41, 5.74) is -0.972. The summed E-state index contributed by atoms with van der Waals surface area (Å²) in [7, 11) is 0. The molecule has 108 valence electrons. The molecular weight excluding hydrogens is 280 g/mol. The molecule has 0 aromatic heterocycles. The van der Waals surface area contributed by atoms with E-state index in [4.69, 9.17) is 0 Å². The van der Waals surface area contributed by atoms with Gasteiger partial charge in [0.1, 0.15) is 11.2 Å². The molecule has 4 nitrogen and oxygen atoms in total. The molecular formula is C15H11F2NO3. The number of hydrogen-bond acceptors (Lipinski definition) is 3. The second-order valence-electron chi connectivity index (χ2n) is 4.85. The van der Waals surface area contributed by atoms with Gasteiger partial charge in [-0.25, -0.2) is 8.78 Å². The van der Waals surface area contributed by atoms with Crippen LogP contribution in [0.15, 0.2) is 36.4 Å². The Labute approximate surface area is 118 Å². The second kappa shape index (κ2) is 4.53. The molecule has 0 spiro atoms. The summed E-state index contributed by atoms with van der Waals surface area (Å²) in [6.45, 7) is -0.686. The minimum Gasteiger partial charge on any atom is -0.508 e. The lowest BCUT2D eigenvalue weighted by molar-refractivity contribution is -0.120. The summed E-state index contributed by atoms with van der Waals surface area (Å²) >= 11 is 0. The maximum atomic E-state index is 13.5. The van der Waals surface area contributed by atoms with Crippen LogP contribution in [-0.4, -0.2) is 22.7 Å². The van der Waals surface area contributed by atoms with Crippen molar-refractivity contribution < 1.29 is 23.8 Å². The Morgan fingerprint density at radius 2 is 1.76 bits per heavy atom. The normalized spacial score (nSPS) is 20.2. The van der Waals surface area contributed by atoms with Crippen LogP contribution in [0.4, 0.5) is 14.5 Å². The molecule has 1 amide bonds. The van der Waals surface area contributed by atoms with Crippen LogP contribution in [0.5, 0.6) is 5.75 Å². The van der Waals surface area contributed by atoms with E-state index in [9.17, 15) is 23.8 Å². The standard InChI is InChI=1S/C15H11F2NO3/c16-10-5-9(13(20)6-11(10)17)15(7-19)8-3-1-2-4-12(8)18-14(15)21/h1-6,19-20H,7H2,(H,18,21). The number of aliphatic hydroxyl groups excluding tert-OH is 1. The molecule has 0 bridgehead atoms. The lowest BCUT2D eigenvalue weighted by Crippen LogP contribution is -2.39. The molecule has 1 aliphatic rings. The molecule has 2 aromatic rings. The Hall–Kier alpha value is -2.47. The smallest absolute Gasteiger partial charge is 0.242 e. The highest BCUT2D eigenvalue weighted by molar-refractivity contribution is 6.09. The van der Waals surface area contributed by atoms with Gasteiger partial charge >= 0.3 is 0 Å². The van der Waals surface area contributed by atoms with Gasteiger partial charge in [-0.15, -0.1) is 0 Å².